The number of amides is 1. The van der Waals surface area contributed by atoms with E-state index >= 15 is 0 Å². The molecule has 2 aliphatic rings. The van der Waals surface area contributed by atoms with Crippen molar-refractivity contribution in [3.63, 3.8) is 0 Å². The first-order chi connectivity index (χ1) is 15.6. The topological polar surface area (TPSA) is 87.9 Å². The van der Waals surface area contributed by atoms with Crippen LogP contribution in [0.1, 0.15) is 47.6 Å². The third-order valence-electron chi connectivity index (χ3n) is 6.42. The zero-order valence-corrected chi connectivity index (χ0v) is 18.5. The fraction of sp³-hybridized carbons (Fsp3) is 0.458. The molecule has 0 bridgehead atoms. The van der Waals surface area contributed by atoms with Gasteiger partial charge < -0.3 is 15.0 Å². The average Bonchev–Trinajstić information content (AvgIpc) is 3.54. The van der Waals surface area contributed by atoms with E-state index in [-0.39, 0.29) is 17.6 Å². The van der Waals surface area contributed by atoms with Crippen LogP contribution in [0.2, 0.25) is 0 Å². The number of benzene rings is 2. The van der Waals surface area contributed by atoms with Crippen LogP contribution < -0.4 is 15.0 Å². The van der Waals surface area contributed by atoms with Gasteiger partial charge in [0.1, 0.15) is 5.75 Å². The van der Waals surface area contributed by atoms with E-state index in [2.05, 4.69) is 15.1 Å². The van der Waals surface area contributed by atoms with E-state index in [9.17, 15) is 14.9 Å². The van der Waals surface area contributed by atoms with Gasteiger partial charge in [0.25, 0.3) is 11.6 Å². The Morgan fingerprint density at radius 2 is 1.78 bits per heavy atom. The maximum atomic E-state index is 13.3. The molecule has 2 fully saturated rings. The summed E-state index contributed by atoms with van der Waals surface area (Å²) in [7, 11) is 1.66. The number of nitrogens with one attached hydrogen (secondary N) is 1. The highest BCUT2D eigenvalue weighted by Crippen LogP contribution is 2.32. The van der Waals surface area contributed by atoms with Crippen LogP contribution in [0.5, 0.6) is 5.75 Å². The zero-order valence-electron chi connectivity index (χ0n) is 18.5. The molecule has 1 amide bonds. The fourth-order valence-corrected chi connectivity index (χ4v) is 4.77. The molecule has 8 nitrogen and oxygen atoms in total. The van der Waals surface area contributed by atoms with Crippen molar-refractivity contribution in [1.82, 2.24) is 10.2 Å². The van der Waals surface area contributed by atoms with E-state index in [0.717, 1.165) is 68.9 Å². The highest BCUT2D eigenvalue weighted by molar-refractivity contribution is 6.00. The lowest BCUT2D eigenvalue weighted by atomic mass is 10.0. The molecule has 1 N–H and O–H groups in total. The SMILES string of the molecule is COc1ccccc1C(CNC(=O)c1cc([N+](=O)[O-])ccc1N1CCCC1)N1CCCC1. The van der Waals surface area contributed by atoms with Gasteiger partial charge in [-0.05, 0) is 50.9 Å². The van der Waals surface area contributed by atoms with Gasteiger partial charge in [-0.2, -0.15) is 0 Å². The normalized spacial score (nSPS) is 17.3. The number of hydrogen-bond acceptors (Lipinski definition) is 6. The predicted octanol–water partition coefficient (Wildman–Crippen LogP) is 3.77. The number of non-ortho nitro benzene ring substituents is 1. The van der Waals surface area contributed by atoms with Crippen LogP contribution in [-0.2, 0) is 0 Å². The zero-order chi connectivity index (χ0) is 22.5. The maximum absolute atomic E-state index is 13.3. The van der Waals surface area contributed by atoms with Crippen molar-refractivity contribution in [1.29, 1.82) is 0 Å². The highest BCUT2D eigenvalue weighted by atomic mass is 16.6. The van der Waals surface area contributed by atoms with E-state index in [1.807, 2.05) is 24.3 Å². The first-order valence-electron chi connectivity index (χ1n) is 11.3. The minimum atomic E-state index is -0.452. The summed E-state index contributed by atoms with van der Waals surface area (Å²) in [5.74, 6) is 0.515. The molecule has 0 aromatic heterocycles. The van der Waals surface area contributed by atoms with Gasteiger partial charge in [0.15, 0.2) is 0 Å². The summed E-state index contributed by atoms with van der Waals surface area (Å²) in [4.78, 5) is 28.7. The van der Waals surface area contributed by atoms with E-state index in [4.69, 9.17) is 4.74 Å². The highest BCUT2D eigenvalue weighted by Gasteiger charge is 2.28. The monoisotopic (exact) mass is 438 g/mol. The lowest BCUT2D eigenvalue weighted by Crippen LogP contribution is -2.37. The first kappa shape index (κ1) is 22.1. The molecule has 2 aliphatic heterocycles. The Morgan fingerprint density at radius 1 is 1.09 bits per heavy atom. The van der Waals surface area contributed by atoms with Crippen molar-refractivity contribution in [3.05, 3.63) is 63.7 Å². The molecule has 8 heteroatoms. The number of rotatable bonds is 8. The number of ether oxygens (including phenoxy) is 1. The lowest BCUT2D eigenvalue weighted by Gasteiger charge is -2.29. The van der Waals surface area contributed by atoms with Crippen molar-refractivity contribution in [2.24, 2.45) is 0 Å². The van der Waals surface area contributed by atoms with E-state index in [1.165, 1.54) is 12.1 Å². The molecule has 1 unspecified atom stereocenters. The van der Waals surface area contributed by atoms with Crippen LogP contribution in [0.4, 0.5) is 11.4 Å². The lowest BCUT2D eigenvalue weighted by molar-refractivity contribution is -0.384. The minimum Gasteiger partial charge on any atom is -0.496 e. The average molecular weight is 439 g/mol. The number of methoxy groups -OCH3 is 1. The van der Waals surface area contributed by atoms with Gasteiger partial charge in [0.05, 0.1) is 29.3 Å². The molecule has 1 atom stereocenters. The summed E-state index contributed by atoms with van der Waals surface area (Å²) in [6, 6.07) is 12.5. The second kappa shape index (κ2) is 9.99. The van der Waals surface area contributed by atoms with Crippen molar-refractivity contribution >= 4 is 17.3 Å². The molecule has 2 heterocycles. The third-order valence-corrected chi connectivity index (χ3v) is 6.42. The Morgan fingerprint density at radius 3 is 2.47 bits per heavy atom. The Labute approximate surface area is 188 Å². The van der Waals surface area contributed by atoms with E-state index in [1.54, 1.807) is 13.2 Å². The number of anilines is 1. The molecule has 4 rings (SSSR count). The van der Waals surface area contributed by atoms with Gasteiger partial charge in [-0.25, -0.2) is 0 Å². The standard InChI is InChI=1S/C24H30N4O4/c1-32-23-9-3-2-8-19(23)22(27-14-6-7-15-27)17-25-24(29)20-16-18(28(30)31)10-11-21(20)26-12-4-5-13-26/h2-3,8-11,16,22H,4-7,12-15,17H2,1H3,(H,25,29). The second-order valence-corrected chi connectivity index (χ2v) is 8.36. The number of carbonyl (C=O) groups excluding carboxylic acids is 1. The number of hydrogen-bond donors (Lipinski definition) is 1. The van der Waals surface area contributed by atoms with Gasteiger partial charge in [0.2, 0.25) is 0 Å². The molecule has 2 aromatic carbocycles. The fourth-order valence-electron chi connectivity index (χ4n) is 4.77. The molecule has 0 saturated carbocycles. The van der Waals surface area contributed by atoms with Crippen molar-refractivity contribution in [3.8, 4) is 5.75 Å². The van der Waals surface area contributed by atoms with Crippen molar-refractivity contribution < 1.29 is 14.5 Å². The molecule has 0 radical (unpaired) electrons. The van der Waals surface area contributed by atoms with Gasteiger partial charge in [0, 0.05) is 37.3 Å². The Hall–Kier alpha value is -3.13. The van der Waals surface area contributed by atoms with Crippen molar-refractivity contribution in [2.75, 3.05) is 44.7 Å². The minimum absolute atomic E-state index is 0.0217. The molecule has 170 valence electrons. The van der Waals surface area contributed by atoms with Crippen LogP contribution in [0.3, 0.4) is 0 Å². The smallest absolute Gasteiger partial charge is 0.270 e. The van der Waals surface area contributed by atoms with Crippen LogP contribution in [0.15, 0.2) is 42.5 Å². The van der Waals surface area contributed by atoms with E-state index < -0.39 is 4.92 Å². The molecule has 0 aliphatic carbocycles. The number of nitrogens with zero attached hydrogens (tertiary/aromatic N) is 3. The van der Waals surface area contributed by atoms with Crippen LogP contribution in [-0.4, -0.2) is 55.6 Å². The van der Waals surface area contributed by atoms with Gasteiger partial charge in [-0.3, -0.25) is 19.8 Å². The Kier molecular flexibility index (Phi) is 6.90. The summed E-state index contributed by atoms with van der Waals surface area (Å²) in [6.45, 7) is 4.05. The summed E-state index contributed by atoms with van der Waals surface area (Å²) < 4.78 is 5.59. The maximum Gasteiger partial charge on any atom is 0.270 e. The van der Waals surface area contributed by atoms with Gasteiger partial charge in [-0.15, -0.1) is 0 Å². The quantitative estimate of drug-likeness (QED) is 0.499. The van der Waals surface area contributed by atoms with Crippen molar-refractivity contribution in [2.45, 2.75) is 31.7 Å². The summed E-state index contributed by atoms with van der Waals surface area (Å²) in [6.07, 6.45) is 4.37. The first-order valence-corrected chi connectivity index (χ1v) is 11.3. The number of para-hydroxylation sites is 1. The molecule has 2 saturated heterocycles. The second-order valence-electron chi connectivity index (χ2n) is 8.36. The van der Waals surface area contributed by atoms with Crippen LogP contribution in [0, 0.1) is 10.1 Å². The largest absolute Gasteiger partial charge is 0.496 e. The Balaban J connectivity index is 1.59. The summed E-state index contributed by atoms with van der Waals surface area (Å²) in [5, 5.41) is 14.4. The number of likely N-dealkylation sites (tertiary alicyclic amines) is 1. The Bertz CT molecular complexity index is 968. The molecule has 32 heavy (non-hydrogen) atoms. The number of carbonyl (C=O) groups is 1. The molecule has 0 spiro atoms. The predicted molar refractivity (Wildman–Crippen MR) is 123 cm³/mol. The molecular formula is C24H30N4O4. The van der Waals surface area contributed by atoms with Crippen LogP contribution >= 0.6 is 0 Å². The molecular weight excluding hydrogens is 408 g/mol. The summed E-state index contributed by atoms with van der Waals surface area (Å²) >= 11 is 0. The van der Waals surface area contributed by atoms with Gasteiger partial charge in [-0.1, -0.05) is 18.2 Å². The molecule has 2 aromatic rings. The van der Waals surface area contributed by atoms with E-state index in [0.29, 0.717) is 12.1 Å². The third kappa shape index (κ3) is 4.70. The van der Waals surface area contributed by atoms with Crippen LogP contribution in [0.25, 0.3) is 0 Å². The number of nitro groups is 1. The summed E-state index contributed by atoms with van der Waals surface area (Å²) in [5.41, 5.74) is 2.09. The number of nitro benzene ring substituents is 1. The van der Waals surface area contributed by atoms with Gasteiger partial charge >= 0.3 is 0 Å².